The van der Waals surface area contributed by atoms with Gasteiger partial charge < -0.3 is 0 Å². The number of hydrogen-bond donors (Lipinski definition) is 0. The van der Waals surface area contributed by atoms with Crippen LogP contribution in [0.2, 0.25) is 0 Å². The van der Waals surface area contributed by atoms with Crippen LogP contribution in [-0.4, -0.2) is 16.0 Å². The Morgan fingerprint density at radius 2 is 1.14 bits per heavy atom. The SMILES string of the molecule is FB(F)F.O=S=O. The molecule has 0 bridgehead atoms. The van der Waals surface area contributed by atoms with E-state index >= 15 is 0 Å². The highest BCUT2D eigenvalue weighted by molar-refractivity contribution is 7.51. The summed E-state index contributed by atoms with van der Waals surface area (Å²) in [6.45, 7) is 0. The molecule has 0 amide bonds. The molecule has 0 saturated heterocycles. The van der Waals surface area contributed by atoms with Gasteiger partial charge in [0.25, 0.3) is 0 Å². The highest BCUT2D eigenvalue weighted by atomic mass is 32.1. The lowest BCUT2D eigenvalue weighted by molar-refractivity contribution is 0.535. The lowest BCUT2D eigenvalue weighted by Gasteiger charge is -1.55. The van der Waals surface area contributed by atoms with E-state index in [-0.39, 0.29) is 0 Å². The molecule has 0 spiro atoms. The van der Waals surface area contributed by atoms with Gasteiger partial charge in [-0.1, -0.05) is 0 Å². The Morgan fingerprint density at radius 1 is 1.14 bits per heavy atom. The van der Waals surface area contributed by atoms with E-state index in [0.717, 1.165) is 0 Å². The van der Waals surface area contributed by atoms with Crippen molar-refractivity contribution < 1.29 is 21.4 Å². The minimum atomic E-state index is -3.67. The van der Waals surface area contributed by atoms with Gasteiger partial charge in [0.15, 0.2) is 0 Å². The van der Waals surface area contributed by atoms with Crippen LogP contribution in [0.3, 0.4) is 0 Å². The molecular formula is BF3O2S. The number of hydrogen-bond acceptors (Lipinski definition) is 2. The Labute approximate surface area is 41.5 Å². The van der Waals surface area contributed by atoms with Gasteiger partial charge in [-0.3, -0.25) is 12.9 Å². The minimum Gasteiger partial charge on any atom is -0.254 e. The summed E-state index contributed by atoms with van der Waals surface area (Å²) in [5.41, 5.74) is 0. The normalized spacial score (nSPS) is 5.57. The van der Waals surface area contributed by atoms with Gasteiger partial charge in [0.2, 0.25) is 0 Å². The molecule has 0 aliphatic rings. The average Bonchev–Trinajstić information content (AvgIpc) is 1.33. The largest absolute Gasteiger partial charge is 0.762 e. The van der Waals surface area contributed by atoms with Crippen molar-refractivity contribution in [1.29, 1.82) is 0 Å². The second-order valence-corrected chi connectivity index (χ2v) is 0.452. The average molecular weight is 132 g/mol. The zero-order chi connectivity index (χ0) is 6.28. The molecule has 0 aromatic rings. The Balaban J connectivity index is 0. The summed E-state index contributed by atoms with van der Waals surface area (Å²) in [5, 5.41) is 0. The monoisotopic (exact) mass is 132 g/mol. The molecule has 7 heteroatoms. The van der Waals surface area contributed by atoms with E-state index in [2.05, 4.69) is 0 Å². The molecule has 0 fully saturated rings. The smallest absolute Gasteiger partial charge is 0.254 e. The van der Waals surface area contributed by atoms with Crippen LogP contribution in [0.4, 0.5) is 12.9 Å². The summed E-state index contributed by atoms with van der Waals surface area (Å²) in [7, 11) is -3.67. The highest BCUT2D eigenvalue weighted by Gasteiger charge is 2.06. The predicted molar refractivity (Wildman–Crippen MR) is 18.0 cm³/mol. The molecule has 42 valence electrons. The molecule has 0 saturated carbocycles. The summed E-state index contributed by atoms with van der Waals surface area (Å²) in [6.07, 6.45) is 0. The van der Waals surface area contributed by atoms with Crippen molar-refractivity contribution in [1.82, 2.24) is 0 Å². The minimum absolute atomic E-state index is 0.750. The van der Waals surface area contributed by atoms with Gasteiger partial charge in [0.05, 0.1) is 0 Å². The Hall–Kier alpha value is -0.325. The van der Waals surface area contributed by atoms with Crippen LogP contribution in [-0.2, 0) is 11.6 Å². The molecule has 0 atom stereocenters. The highest BCUT2D eigenvalue weighted by Crippen LogP contribution is 1.80. The lowest BCUT2D eigenvalue weighted by atomic mass is 10.5. The number of rotatable bonds is 0. The molecule has 7 heavy (non-hydrogen) atoms. The lowest BCUT2D eigenvalue weighted by Crippen LogP contribution is -1.76. The fourth-order valence-corrected chi connectivity index (χ4v) is 0. The third-order valence-corrected chi connectivity index (χ3v) is 0. The molecule has 2 nitrogen and oxygen atoms in total. The van der Waals surface area contributed by atoms with Crippen LogP contribution >= 0.6 is 0 Å². The van der Waals surface area contributed by atoms with Gasteiger partial charge in [-0.2, -0.15) is 8.42 Å². The van der Waals surface area contributed by atoms with Gasteiger partial charge in [0.1, 0.15) is 0 Å². The van der Waals surface area contributed by atoms with Crippen LogP contribution in [0.1, 0.15) is 0 Å². The first kappa shape index (κ1) is 9.84. The van der Waals surface area contributed by atoms with Gasteiger partial charge in [-0.25, -0.2) is 0 Å². The first-order chi connectivity index (χ1) is 3.15. The van der Waals surface area contributed by atoms with Crippen molar-refractivity contribution >= 4 is 19.1 Å². The Morgan fingerprint density at radius 3 is 1.14 bits per heavy atom. The van der Waals surface area contributed by atoms with E-state index in [1.165, 1.54) is 0 Å². The van der Waals surface area contributed by atoms with Gasteiger partial charge >= 0.3 is 19.1 Å². The molecular weight excluding hydrogens is 132 g/mol. The molecule has 0 N–H and O–H groups in total. The van der Waals surface area contributed by atoms with Crippen molar-refractivity contribution in [2.75, 3.05) is 0 Å². The van der Waals surface area contributed by atoms with Crippen LogP contribution in [0.5, 0.6) is 0 Å². The van der Waals surface area contributed by atoms with Crippen LogP contribution in [0.25, 0.3) is 0 Å². The van der Waals surface area contributed by atoms with Crippen molar-refractivity contribution in [3.63, 3.8) is 0 Å². The van der Waals surface area contributed by atoms with Crippen LogP contribution < -0.4 is 0 Å². The van der Waals surface area contributed by atoms with Crippen molar-refractivity contribution in [3.8, 4) is 0 Å². The summed E-state index contributed by atoms with van der Waals surface area (Å²) in [5.74, 6) is 0. The van der Waals surface area contributed by atoms with Crippen molar-refractivity contribution in [2.45, 2.75) is 0 Å². The summed E-state index contributed by atoms with van der Waals surface area (Å²) < 4.78 is 45.6. The van der Waals surface area contributed by atoms with Crippen LogP contribution in [0.15, 0.2) is 0 Å². The zero-order valence-corrected chi connectivity index (χ0v) is 3.75. The molecule has 0 unspecified atom stereocenters. The second kappa shape index (κ2) is 9.18. The topological polar surface area (TPSA) is 34.1 Å². The zero-order valence-electron chi connectivity index (χ0n) is 2.94. The van der Waals surface area contributed by atoms with Crippen molar-refractivity contribution in [2.24, 2.45) is 0 Å². The summed E-state index contributed by atoms with van der Waals surface area (Å²) >= 11 is -0.750. The van der Waals surface area contributed by atoms with E-state index in [1.54, 1.807) is 0 Å². The van der Waals surface area contributed by atoms with Crippen molar-refractivity contribution in [3.05, 3.63) is 0 Å². The number of halogens is 3. The maximum atomic E-state index is 9.67. The van der Waals surface area contributed by atoms with E-state index in [1.807, 2.05) is 0 Å². The fraction of sp³-hybridized carbons (Fsp3) is 0. The molecule has 0 aliphatic carbocycles. The fourth-order valence-electron chi connectivity index (χ4n) is 0. The van der Waals surface area contributed by atoms with E-state index in [9.17, 15) is 12.9 Å². The molecule has 0 heterocycles. The van der Waals surface area contributed by atoms with E-state index in [0.29, 0.717) is 0 Å². The third kappa shape index (κ3) is 725. The standard InChI is InChI=1S/BF3.O2S/c2-1(3)4;1-3-2. The molecule has 0 aromatic heterocycles. The molecule has 0 aliphatic heterocycles. The molecule has 0 rings (SSSR count). The Kier molecular flexibility index (Phi) is 12.9. The van der Waals surface area contributed by atoms with Gasteiger partial charge in [0, 0.05) is 0 Å². The summed E-state index contributed by atoms with van der Waals surface area (Å²) in [6, 6.07) is 0. The van der Waals surface area contributed by atoms with Gasteiger partial charge in [-0.15, -0.1) is 0 Å². The van der Waals surface area contributed by atoms with Crippen LogP contribution in [0, 0.1) is 0 Å². The second-order valence-electron chi connectivity index (χ2n) is 0.315. The first-order valence-electron chi connectivity index (χ1n) is 0.988. The van der Waals surface area contributed by atoms with E-state index in [4.69, 9.17) is 8.42 Å². The Bertz CT molecular complexity index is 55.2. The maximum Gasteiger partial charge on any atom is 0.762 e. The quantitative estimate of drug-likeness (QED) is 0.441. The first-order valence-corrected chi connectivity index (χ1v) is 1.65. The maximum absolute atomic E-state index is 9.67. The van der Waals surface area contributed by atoms with Gasteiger partial charge in [-0.05, 0) is 0 Å². The third-order valence-electron chi connectivity index (χ3n) is 0. The molecule has 0 radical (unpaired) electrons. The molecule has 0 aromatic carbocycles. The summed E-state index contributed by atoms with van der Waals surface area (Å²) in [4.78, 5) is 0. The van der Waals surface area contributed by atoms with E-state index < -0.39 is 19.1 Å². The predicted octanol–water partition coefficient (Wildman–Crippen LogP) is 0.210.